The van der Waals surface area contributed by atoms with E-state index in [1.54, 1.807) is 72.8 Å². The van der Waals surface area contributed by atoms with Crippen molar-refractivity contribution in [3.05, 3.63) is 88.6 Å². The highest BCUT2D eigenvalue weighted by Crippen LogP contribution is 2.36. The molecule has 5 rings (SSSR count). The number of carbonyl (C=O) groups excluding carboxylic acids is 1. The number of aryl methyl sites for hydroxylation is 1. The molecule has 10 heteroatoms. The first-order chi connectivity index (χ1) is 18.8. The maximum Gasteiger partial charge on any atom is 0.260 e. The molecule has 2 heterocycles. The highest BCUT2D eigenvalue weighted by molar-refractivity contribution is 7.89. The van der Waals surface area contributed by atoms with E-state index in [1.807, 2.05) is 6.92 Å². The molecular formula is C29H28N2O7S. The lowest BCUT2D eigenvalue weighted by Crippen LogP contribution is -2.51. The number of amides is 1. The van der Waals surface area contributed by atoms with Crippen LogP contribution in [0.15, 0.2) is 86.9 Å². The molecule has 0 bridgehead atoms. The van der Waals surface area contributed by atoms with Crippen LogP contribution in [0, 0.1) is 6.92 Å². The molecule has 202 valence electrons. The van der Waals surface area contributed by atoms with E-state index in [9.17, 15) is 18.0 Å². The number of rotatable bonds is 7. The van der Waals surface area contributed by atoms with Crippen molar-refractivity contribution < 1.29 is 27.1 Å². The minimum Gasteiger partial charge on any atom is -0.496 e. The molecule has 39 heavy (non-hydrogen) atoms. The standard InChI is InChI=1S/C29H28N2O7S/c1-20-11-13-21(14-12-20)39(34,35)31-17-15-30(16-18-31)26(32)19-37-29-27(33)22-7-3-6-10-25(22)38-28(29)23-8-4-5-9-24(23)36-2/h3-14H,15-19H2,1-2H3. The lowest BCUT2D eigenvalue weighted by molar-refractivity contribution is -0.134. The molecule has 0 atom stereocenters. The van der Waals surface area contributed by atoms with Gasteiger partial charge >= 0.3 is 0 Å². The number of carbonyl (C=O) groups is 1. The van der Waals surface area contributed by atoms with Gasteiger partial charge in [-0.15, -0.1) is 0 Å². The molecule has 3 aromatic carbocycles. The van der Waals surface area contributed by atoms with Gasteiger partial charge in [-0.05, 0) is 43.3 Å². The number of piperazine rings is 1. The number of hydrogen-bond acceptors (Lipinski definition) is 7. The van der Waals surface area contributed by atoms with E-state index in [4.69, 9.17) is 13.9 Å². The fourth-order valence-corrected chi connectivity index (χ4v) is 5.95. The Morgan fingerprint density at radius 2 is 1.59 bits per heavy atom. The monoisotopic (exact) mass is 548 g/mol. The summed E-state index contributed by atoms with van der Waals surface area (Å²) < 4.78 is 44.7. The van der Waals surface area contributed by atoms with Crippen molar-refractivity contribution in [3.63, 3.8) is 0 Å². The Kier molecular flexibility index (Phi) is 7.40. The van der Waals surface area contributed by atoms with Gasteiger partial charge in [0, 0.05) is 26.2 Å². The normalized spacial score (nSPS) is 14.4. The number of hydrogen-bond donors (Lipinski definition) is 0. The molecule has 1 amide bonds. The average molecular weight is 549 g/mol. The molecule has 1 fully saturated rings. The minimum atomic E-state index is -3.65. The number of ether oxygens (including phenoxy) is 2. The summed E-state index contributed by atoms with van der Waals surface area (Å²) in [6.07, 6.45) is 0. The molecule has 0 N–H and O–H groups in total. The molecule has 0 spiro atoms. The van der Waals surface area contributed by atoms with Gasteiger partial charge in [0.1, 0.15) is 11.3 Å². The van der Waals surface area contributed by atoms with E-state index < -0.39 is 22.1 Å². The maximum absolute atomic E-state index is 13.4. The van der Waals surface area contributed by atoms with E-state index in [0.717, 1.165) is 5.56 Å². The van der Waals surface area contributed by atoms with Gasteiger partial charge in [-0.3, -0.25) is 9.59 Å². The van der Waals surface area contributed by atoms with Crippen LogP contribution < -0.4 is 14.9 Å². The summed E-state index contributed by atoms with van der Waals surface area (Å²) in [6, 6.07) is 20.6. The molecule has 1 aliphatic heterocycles. The third-order valence-corrected chi connectivity index (χ3v) is 8.61. The molecule has 4 aromatic rings. The third kappa shape index (κ3) is 5.25. The van der Waals surface area contributed by atoms with Gasteiger partial charge in [0.05, 0.1) is 23.0 Å². The smallest absolute Gasteiger partial charge is 0.260 e. The van der Waals surface area contributed by atoms with Crippen LogP contribution in [0.2, 0.25) is 0 Å². The predicted octanol–water partition coefficient (Wildman–Crippen LogP) is 3.69. The first kappa shape index (κ1) is 26.5. The van der Waals surface area contributed by atoms with Crippen molar-refractivity contribution in [2.45, 2.75) is 11.8 Å². The van der Waals surface area contributed by atoms with Gasteiger partial charge in [-0.2, -0.15) is 4.31 Å². The van der Waals surface area contributed by atoms with Gasteiger partial charge in [0.15, 0.2) is 12.4 Å². The molecule has 9 nitrogen and oxygen atoms in total. The summed E-state index contributed by atoms with van der Waals surface area (Å²) in [5.41, 5.74) is 1.46. The van der Waals surface area contributed by atoms with Crippen molar-refractivity contribution in [1.82, 2.24) is 9.21 Å². The molecule has 1 aromatic heterocycles. The second kappa shape index (κ2) is 10.9. The SMILES string of the molecule is COc1ccccc1-c1oc2ccccc2c(=O)c1OCC(=O)N1CCN(S(=O)(=O)c2ccc(C)cc2)CC1. The Hall–Kier alpha value is -4.15. The van der Waals surface area contributed by atoms with Crippen LogP contribution >= 0.6 is 0 Å². The Balaban J connectivity index is 1.34. The van der Waals surface area contributed by atoms with Gasteiger partial charge in [0.25, 0.3) is 5.91 Å². The van der Waals surface area contributed by atoms with Gasteiger partial charge < -0.3 is 18.8 Å². The van der Waals surface area contributed by atoms with E-state index in [0.29, 0.717) is 22.3 Å². The van der Waals surface area contributed by atoms with E-state index in [-0.39, 0.29) is 48.5 Å². The summed E-state index contributed by atoms with van der Waals surface area (Å²) in [5.74, 6) is 0.198. The molecule has 0 unspecified atom stereocenters. The first-order valence-electron chi connectivity index (χ1n) is 12.5. The van der Waals surface area contributed by atoms with Crippen LogP contribution in [-0.4, -0.2) is 63.4 Å². The van der Waals surface area contributed by atoms with Crippen LogP contribution in [0.5, 0.6) is 11.5 Å². The second-order valence-corrected chi connectivity index (χ2v) is 11.1. The summed E-state index contributed by atoms with van der Waals surface area (Å²) >= 11 is 0. The minimum absolute atomic E-state index is 0.0906. The van der Waals surface area contributed by atoms with E-state index in [1.165, 1.54) is 16.3 Å². The lowest BCUT2D eigenvalue weighted by Gasteiger charge is -2.34. The van der Waals surface area contributed by atoms with Crippen LogP contribution in [-0.2, 0) is 14.8 Å². The zero-order valence-corrected chi connectivity index (χ0v) is 22.4. The van der Waals surface area contributed by atoms with Crippen molar-refractivity contribution in [1.29, 1.82) is 0 Å². The number of nitrogens with zero attached hydrogens (tertiary/aromatic N) is 2. The molecular weight excluding hydrogens is 520 g/mol. The molecule has 1 saturated heterocycles. The largest absolute Gasteiger partial charge is 0.496 e. The molecule has 0 radical (unpaired) electrons. The summed E-state index contributed by atoms with van der Waals surface area (Å²) in [6.45, 7) is 2.22. The summed E-state index contributed by atoms with van der Waals surface area (Å²) in [5, 5.41) is 0.327. The summed E-state index contributed by atoms with van der Waals surface area (Å²) in [4.78, 5) is 28.2. The number of methoxy groups -OCH3 is 1. The average Bonchev–Trinajstić information content (AvgIpc) is 2.96. The van der Waals surface area contributed by atoms with E-state index >= 15 is 0 Å². The predicted molar refractivity (Wildman–Crippen MR) is 146 cm³/mol. The van der Waals surface area contributed by atoms with Crippen molar-refractivity contribution in [3.8, 4) is 22.8 Å². The molecule has 1 aliphatic rings. The fourth-order valence-electron chi connectivity index (χ4n) is 4.53. The van der Waals surface area contributed by atoms with Crippen LogP contribution in [0.4, 0.5) is 0 Å². The van der Waals surface area contributed by atoms with Crippen LogP contribution in [0.1, 0.15) is 5.56 Å². The quantitative estimate of drug-likeness (QED) is 0.347. The van der Waals surface area contributed by atoms with Gasteiger partial charge in [-0.25, -0.2) is 8.42 Å². The molecule has 0 aliphatic carbocycles. The highest BCUT2D eigenvalue weighted by Gasteiger charge is 2.30. The lowest BCUT2D eigenvalue weighted by atomic mass is 10.1. The van der Waals surface area contributed by atoms with Gasteiger partial charge in [-0.1, -0.05) is 42.0 Å². The second-order valence-electron chi connectivity index (χ2n) is 9.17. The Bertz CT molecular complexity index is 1670. The number of sulfonamides is 1. The third-order valence-electron chi connectivity index (χ3n) is 6.70. The summed E-state index contributed by atoms with van der Waals surface area (Å²) in [7, 11) is -2.14. The maximum atomic E-state index is 13.4. The van der Waals surface area contributed by atoms with E-state index in [2.05, 4.69) is 0 Å². The zero-order chi connectivity index (χ0) is 27.6. The van der Waals surface area contributed by atoms with Crippen molar-refractivity contribution in [2.24, 2.45) is 0 Å². The number of fused-ring (bicyclic) bond motifs is 1. The van der Waals surface area contributed by atoms with Crippen LogP contribution in [0.3, 0.4) is 0 Å². The Labute approximate surface area is 226 Å². The highest BCUT2D eigenvalue weighted by atomic mass is 32.2. The first-order valence-corrected chi connectivity index (χ1v) is 13.9. The number of para-hydroxylation sites is 2. The number of benzene rings is 3. The van der Waals surface area contributed by atoms with Crippen molar-refractivity contribution in [2.75, 3.05) is 39.9 Å². The van der Waals surface area contributed by atoms with Crippen molar-refractivity contribution >= 4 is 26.9 Å². The zero-order valence-electron chi connectivity index (χ0n) is 21.6. The van der Waals surface area contributed by atoms with Crippen LogP contribution in [0.25, 0.3) is 22.3 Å². The molecule has 0 saturated carbocycles. The fraction of sp³-hybridized carbons (Fsp3) is 0.241. The Morgan fingerprint density at radius 1 is 0.923 bits per heavy atom. The Morgan fingerprint density at radius 3 is 2.31 bits per heavy atom. The van der Waals surface area contributed by atoms with Gasteiger partial charge in [0.2, 0.25) is 21.2 Å². The topological polar surface area (TPSA) is 106 Å².